The van der Waals surface area contributed by atoms with E-state index in [2.05, 4.69) is 63.0 Å². The van der Waals surface area contributed by atoms with Crippen molar-refractivity contribution in [2.45, 2.75) is 91.0 Å². The Balaban J connectivity index is 1.46. The highest BCUT2D eigenvalue weighted by molar-refractivity contribution is 5.98. The number of benzene rings is 3. The van der Waals surface area contributed by atoms with Crippen LogP contribution in [0.3, 0.4) is 0 Å². The zero-order valence-corrected chi connectivity index (χ0v) is 27.6. The lowest BCUT2D eigenvalue weighted by Crippen LogP contribution is -2.46. The van der Waals surface area contributed by atoms with E-state index < -0.39 is 17.8 Å². The van der Waals surface area contributed by atoms with Gasteiger partial charge in [-0.2, -0.15) is 0 Å². The number of nitrogens with zero attached hydrogens (tertiary/aromatic N) is 2. The fourth-order valence-electron chi connectivity index (χ4n) is 6.97. The van der Waals surface area contributed by atoms with Crippen LogP contribution in [-0.2, 0) is 21.5 Å². The molecular weight excluding hydrogens is 565 g/mol. The van der Waals surface area contributed by atoms with Crippen LogP contribution in [0.2, 0.25) is 0 Å². The molecule has 2 saturated heterocycles. The van der Waals surface area contributed by atoms with E-state index in [-0.39, 0.29) is 28.9 Å². The first-order valence-electron chi connectivity index (χ1n) is 16.4. The van der Waals surface area contributed by atoms with Crippen LogP contribution in [-0.4, -0.2) is 53.5 Å². The lowest BCUT2D eigenvalue weighted by Gasteiger charge is -2.41. The van der Waals surface area contributed by atoms with E-state index in [4.69, 9.17) is 4.74 Å². The van der Waals surface area contributed by atoms with Crippen LogP contribution >= 0.6 is 0 Å². The van der Waals surface area contributed by atoms with E-state index >= 15 is 4.39 Å². The maximum atomic E-state index is 15.1. The molecule has 2 heterocycles. The van der Waals surface area contributed by atoms with Crippen molar-refractivity contribution in [3.05, 3.63) is 100 Å². The predicted octanol–water partition coefficient (Wildman–Crippen LogP) is 7.66. The first-order chi connectivity index (χ1) is 21.5. The van der Waals surface area contributed by atoms with Crippen molar-refractivity contribution in [3.8, 4) is 0 Å². The van der Waals surface area contributed by atoms with Gasteiger partial charge in [0.05, 0.1) is 23.6 Å². The molecule has 0 aliphatic carbocycles. The minimum atomic E-state index is -0.538. The van der Waals surface area contributed by atoms with Gasteiger partial charge in [0.25, 0.3) is 5.91 Å². The van der Waals surface area contributed by atoms with Crippen molar-refractivity contribution in [2.24, 2.45) is 5.92 Å². The van der Waals surface area contributed by atoms with Gasteiger partial charge in [0.2, 0.25) is 5.91 Å². The first-order valence-corrected chi connectivity index (χ1v) is 16.4. The van der Waals surface area contributed by atoms with E-state index in [0.717, 1.165) is 42.9 Å². The van der Waals surface area contributed by atoms with Crippen LogP contribution in [0, 0.1) is 18.7 Å². The third kappa shape index (κ3) is 7.31. The molecule has 0 aromatic heterocycles. The third-order valence-electron chi connectivity index (χ3n) is 9.58. The average Bonchev–Trinajstić information content (AvgIpc) is 3.44. The summed E-state index contributed by atoms with van der Waals surface area (Å²) in [5, 5.41) is 3.16. The van der Waals surface area contributed by atoms with E-state index in [9.17, 15) is 9.59 Å². The van der Waals surface area contributed by atoms with Gasteiger partial charge in [-0.1, -0.05) is 76.2 Å². The van der Waals surface area contributed by atoms with Gasteiger partial charge in [0, 0.05) is 31.4 Å². The molecule has 4 atom stereocenters. The molecule has 6 nitrogen and oxygen atoms in total. The fraction of sp³-hybridized carbons (Fsp3) is 0.474. The number of nitrogens with one attached hydrogen (secondary N) is 1. The van der Waals surface area contributed by atoms with Crippen LogP contribution < -0.4 is 5.32 Å². The number of hydrogen-bond acceptors (Lipinski definition) is 4. The van der Waals surface area contributed by atoms with Crippen molar-refractivity contribution in [2.75, 3.05) is 25.0 Å². The normalized spacial score (nSPS) is 22.1. The lowest BCUT2D eigenvalue weighted by atomic mass is 9.82. The summed E-state index contributed by atoms with van der Waals surface area (Å²) in [4.78, 5) is 32.3. The summed E-state index contributed by atoms with van der Waals surface area (Å²) >= 11 is 0. The Bertz CT molecular complexity index is 1480. The van der Waals surface area contributed by atoms with Crippen molar-refractivity contribution in [1.29, 1.82) is 0 Å². The maximum Gasteiger partial charge on any atom is 0.257 e. The number of likely N-dealkylation sites (N-methyl/N-ethyl adjacent to an activating group) is 1. The van der Waals surface area contributed by atoms with E-state index in [1.807, 2.05) is 30.3 Å². The molecule has 5 rings (SSSR count). The fourth-order valence-corrected chi connectivity index (χ4v) is 6.97. The quantitative estimate of drug-likeness (QED) is 0.283. The molecule has 1 N–H and O–H groups in total. The molecule has 0 saturated carbocycles. The Morgan fingerprint density at radius 1 is 1.04 bits per heavy atom. The van der Waals surface area contributed by atoms with Gasteiger partial charge in [0.15, 0.2) is 0 Å². The second-order valence-electron chi connectivity index (χ2n) is 13.7. The summed E-state index contributed by atoms with van der Waals surface area (Å²) < 4.78 is 20.9. The number of hydrogen-bond donors (Lipinski definition) is 1. The molecule has 3 aromatic carbocycles. The summed E-state index contributed by atoms with van der Waals surface area (Å²) in [5.74, 6) is -1.54. The second-order valence-corrected chi connectivity index (χ2v) is 13.7. The zero-order chi connectivity index (χ0) is 32.3. The molecule has 2 aliphatic rings. The van der Waals surface area contributed by atoms with Gasteiger partial charge in [-0.25, -0.2) is 4.39 Å². The second kappa shape index (κ2) is 13.8. The predicted molar refractivity (Wildman–Crippen MR) is 178 cm³/mol. The molecule has 0 spiro atoms. The molecule has 240 valence electrons. The zero-order valence-electron chi connectivity index (χ0n) is 27.6. The molecule has 2 aliphatic heterocycles. The van der Waals surface area contributed by atoms with Gasteiger partial charge in [0.1, 0.15) is 5.82 Å². The van der Waals surface area contributed by atoms with Gasteiger partial charge < -0.3 is 15.0 Å². The average molecular weight is 614 g/mol. The number of amides is 2. The highest BCUT2D eigenvalue weighted by Crippen LogP contribution is 2.39. The molecule has 45 heavy (non-hydrogen) atoms. The summed E-state index contributed by atoms with van der Waals surface area (Å²) in [7, 11) is 0. The van der Waals surface area contributed by atoms with Crippen LogP contribution in [0.4, 0.5) is 10.1 Å². The third-order valence-corrected chi connectivity index (χ3v) is 9.58. The van der Waals surface area contributed by atoms with Crippen LogP contribution in [0.25, 0.3) is 0 Å². The Morgan fingerprint density at radius 2 is 1.78 bits per heavy atom. The Labute approximate surface area is 268 Å². The number of piperidine rings is 1. The number of likely N-dealkylation sites (tertiary alicyclic amines) is 1. The Morgan fingerprint density at radius 3 is 2.42 bits per heavy atom. The number of halogens is 1. The van der Waals surface area contributed by atoms with Crippen molar-refractivity contribution in [1.82, 2.24) is 9.80 Å². The Kier molecular flexibility index (Phi) is 10.1. The molecular formula is C38H48FN3O3. The number of rotatable bonds is 8. The van der Waals surface area contributed by atoms with E-state index in [1.54, 1.807) is 24.0 Å². The summed E-state index contributed by atoms with van der Waals surface area (Å²) in [6.07, 6.45) is 2.51. The van der Waals surface area contributed by atoms with Crippen molar-refractivity contribution in [3.63, 3.8) is 0 Å². The molecule has 2 amide bonds. The van der Waals surface area contributed by atoms with Crippen LogP contribution in [0.1, 0.15) is 92.5 Å². The molecule has 3 aromatic rings. The molecule has 2 fully saturated rings. The number of carbonyl (C=O) groups excluding carboxylic acids is 2. The van der Waals surface area contributed by atoms with Gasteiger partial charge >= 0.3 is 0 Å². The monoisotopic (exact) mass is 613 g/mol. The highest BCUT2D eigenvalue weighted by atomic mass is 19.1. The molecule has 0 bridgehead atoms. The van der Waals surface area contributed by atoms with E-state index in [1.165, 1.54) is 11.6 Å². The van der Waals surface area contributed by atoms with Gasteiger partial charge in [-0.3, -0.25) is 14.5 Å². The van der Waals surface area contributed by atoms with Crippen molar-refractivity contribution >= 4 is 17.5 Å². The number of aryl methyl sites for hydroxylation is 1. The largest absolute Gasteiger partial charge is 0.377 e. The first kappa shape index (κ1) is 32.8. The summed E-state index contributed by atoms with van der Waals surface area (Å²) in [5.41, 5.74) is 4.51. The minimum absolute atomic E-state index is 0.0626. The minimum Gasteiger partial charge on any atom is -0.377 e. The smallest absolute Gasteiger partial charge is 0.257 e. The lowest BCUT2D eigenvalue weighted by molar-refractivity contribution is -0.123. The SMILES string of the molecule is CCN(Cc1ccc([C@H]2C(C(=O)Nc3cccc(C(C)(C)C)c3)CCCN2C(=O)c2c(C)cccc2F)cc1)C1CCOC1C. The van der Waals surface area contributed by atoms with Gasteiger partial charge in [-0.15, -0.1) is 0 Å². The summed E-state index contributed by atoms with van der Waals surface area (Å²) in [6.45, 7) is 15.5. The molecule has 3 unspecified atom stereocenters. The van der Waals surface area contributed by atoms with Crippen LogP contribution in [0.15, 0.2) is 66.7 Å². The number of ether oxygens (including phenoxy) is 1. The van der Waals surface area contributed by atoms with Crippen LogP contribution in [0.5, 0.6) is 0 Å². The topological polar surface area (TPSA) is 61.9 Å². The maximum absolute atomic E-state index is 15.1. The standard InChI is InChI=1S/C38H48FN3O3/c1-7-41(33-20-22-45-26(33)3)24-27-16-18-28(19-17-27)35-31(36(43)40-30-13-9-12-29(23-30)38(4,5)6)14-10-21-42(35)37(44)34-25(2)11-8-15-32(34)39/h8-9,11-13,15-19,23,26,31,33,35H,7,10,14,20-22,24H2,1-6H3,(H,40,43)/t26?,31?,33?,35-/m0/s1. The van der Waals surface area contributed by atoms with Gasteiger partial charge in [-0.05, 0) is 85.5 Å². The molecule has 7 heteroatoms. The number of anilines is 1. The highest BCUT2D eigenvalue weighted by Gasteiger charge is 2.40. The number of carbonyl (C=O) groups is 2. The molecule has 0 radical (unpaired) electrons. The summed E-state index contributed by atoms with van der Waals surface area (Å²) in [6, 6.07) is 20.8. The van der Waals surface area contributed by atoms with Crippen molar-refractivity contribution < 1.29 is 18.7 Å². The Hall–Kier alpha value is -3.55. The van der Waals surface area contributed by atoms with E-state index in [0.29, 0.717) is 31.0 Å².